The van der Waals surface area contributed by atoms with Gasteiger partial charge in [-0.1, -0.05) is 51.2 Å². The Morgan fingerprint density at radius 3 is 2.45 bits per heavy atom. The minimum absolute atomic E-state index is 0.0196. The van der Waals surface area contributed by atoms with E-state index in [1.54, 1.807) is 0 Å². The summed E-state index contributed by atoms with van der Waals surface area (Å²) >= 11 is 0. The number of benzene rings is 1. The molecule has 15 heteroatoms. The first-order valence-corrected chi connectivity index (χ1v) is 22.5. The molecule has 1 saturated heterocycles. The van der Waals surface area contributed by atoms with Crippen molar-refractivity contribution in [2.75, 3.05) is 6.54 Å². The lowest BCUT2D eigenvalue weighted by Crippen LogP contribution is -2.59. The third-order valence-corrected chi connectivity index (χ3v) is 15.2. The van der Waals surface area contributed by atoms with Gasteiger partial charge in [0.2, 0.25) is 21.8 Å². The number of hydrogen-bond donors (Lipinski definition) is 4. The monoisotopic (exact) mass is 794 g/mol. The second-order valence-electron chi connectivity index (χ2n) is 17.2. The van der Waals surface area contributed by atoms with Crippen LogP contribution in [0.15, 0.2) is 30.3 Å². The van der Waals surface area contributed by atoms with Crippen LogP contribution in [-0.4, -0.2) is 84.0 Å². The molecular formula is C41H56N5O9S+. The Bertz CT molecular complexity index is 1970. The quantitative estimate of drug-likeness (QED) is 0.236. The molecule has 5 fully saturated rings. The van der Waals surface area contributed by atoms with Gasteiger partial charge in [-0.3, -0.25) is 24.3 Å². The van der Waals surface area contributed by atoms with Gasteiger partial charge < -0.3 is 25.0 Å². The van der Waals surface area contributed by atoms with Gasteiger partial charge in [0.25, 0.3) is 17.1 Å². The maximum Gasteiger partial charge on any atom is 0.408 e. The summed E-state index contributed by atoms with van der Waals surface area (Å²) in [7, 11) is -3.86. The number of pyridine rings is 1. The Kier molecular flexibility index (Phi) is 10.8. The molecule has 1 aromatic heterocycles. The molecule has 2 aromatic rings. The van der Waals surface area contributed by atoms with Crippen molar-refractivity contribution < 1.29 is 47.0 Å². The average molecular weight is 795 g/mol. The Hall–Kier alpha value is -4.14. The summed E-state index contributed by atoms with van der Waals surface area (Å²) in [6, 6.07) is 7.37. The molecule has 0 spiro atoms. The molecule has 14 nitrogen and oxygen atoms in total. The Labute approximate surface area is 328 Å². The number of para-hydroxylation sites is 1. The fourth-order valence-electron chi connectivity index (χ4n) is 9.97. The number of aromatic nitrogens is 1. The lowest BCUT2D eigenvalue weighted by molar-refractivity contribution is -0.889. The van der Waals surface area contributed by atoms with Gasteiger partial charge in [-0.2, -0.15) is 0 Å². The van der Waals surface area contributed by atoms with Crippen molar-refractivity contribution in [2.45, 2.75) is 151 Å². The number of rotatable bonds is 7. The van der Waals surface area contributed by atoms with E-state index in [0.717, 1.165) is 76.0 Å². The first-order chi connectivity index (χ1) is 27.0. The summed E-state index contributed by atoms with van der Waals surface area (Å²) in [5.74, 6) is -1.48. The molecule has 4 saturated carbocycles. The van der Waals surface area contributed by atoms with Crippen LogP contribution in [0.4, 0.5) is 4.79 Å². The van der Waals surface area contributed by atoms with Crippen LogP contribution in [0.3, 0.4) is 0 Å². The van der Waals surface area contributed by atoms with Gasteiger partial charge in [-0.25, -0.2) is 13.2 Å². The van der Waals surface area contributed by atoms with Gasteiger partial charge >= 0.3 is 6.09 Å². The maximum absolute atomic E-state index is 14.9. The van der Waals surface area contributed by atoms with Crippen molar-refractivity contribution >= 4 is 44.7 Å². The van der Waals surface area contributed by atoms with E-state index in [1.807, 2.05) is 37.3 Å². The molecule has 3 heterocycles. The van der Waals surface area contributed by atoms with E-state index < -0.39 is 62.8 Å². The highest BCUT2D eigenvalue weighted by atomic mass is 32.2. The molecule has 2 aliphatic heterocycles. The van der Waals surface area contributed by atoms with Gasteiger partial charge in [-0.15, -0.1) is 0 Å². The number of ether oxygens (including phenoxy) is 2. The summed E-state index contributed by atoms with van der Waals surface area (Å²) in [5.41, 5.74) is -0.183. The summed E-state index contributed by atoms with van der Waals surface area (Å²) in [4.78, 5) is 58.1. The Morgan fingerprint density at radius 1 is 0.964 bits per heavy atom. The summed E-state index contributed by atoms with van der Waals surface area (Å²) in [6.07, 6.45) is 10.4. The smallest absolute Gasteiger partial charge is 0.408 e. The number of sulfonamides is 1. The molecule has 1 unspecified atom stereocenters. The zero-order chi connectivity index (χ0) is 39.2. The highest BCUT2D eigenvalue weighted by Crippen LogP contribution is 2.47. The fraction of sp³-hybridized carbons (Fsp3) is 0.683. The van der Waals surface area contributed by atoms with Crippen LogP contribution in [0.2, 0.25) is 0 Å². The zero-order valence-electron chi connectivity index (χ0n) is 32.2. The van der Waals surface area contributed by atoms with Crippen LogP contribution in [0.1, 0.15) is 115 Å². The SMILES string of the molecule is CC[C@@H]1C[C@]1(NC(=O)[C@@H]1CC2CN1C(=O)[C@H](C1CCCC1)NC(=O)O[C@H]1CCC[C@@H]1CCCCCc1c(cc3ccccc3[n+]1O)O2)C(=O)NS(=O)(=O)C1CC1. The third kappa shape index (κ3) is 7.76. The Morgan fingerprint density at radius 2 is 1.70 bits per heavy atom. The van der Waals surface area contributed by atoms with Gasteiger partial charge in [0.1, 0.15) is 29.8 Å². The number of carbonyl (C=O) groups is 4. The topological polar surface area (TPSA) is 184 Å². The van der Waals surface area contributed by atoms with Crippen molar-refractivity contribution in [3.05, 3.63) is 36.0 Å². The molecule has 4 N–H and O–H groups in total. The standard InChI is InChI=1S/C41H55N5O9S/c1-2-28-23-41(28,39(49)44-56(52,53)30-19-20-30)43-37(47)33-22-29-24-45(33)38(48)36(26-12-6-7-13-26)42-40(50)55-34-18-10-15-25(34)11-4-3-5-17-32-35(54-29)21-27-14-8-9-16-31(27)46(32)51/h8-9,14,16,21,25-26,28-30,33-34,36H,2-7,10-13,15,17-20,22-24H2,1H3,(H3-,42,43,44,47,49,50,51)/p+1/t25-,28+,29?,33-,34-,36-,41+/m0/s1. The molecule has 4 aliphatic carbocycles. The number of carbonyl (C=O) groups excluding carboxylic acids is 4. The van der Waals surface area contributed by atoms with Gasteiger partial charge in [-0.05, 0) is 88.0 Å². The number of hydrogen-bond acceptors (Lipinski definition) is 9. The van der Waals surface area contributed by atoms with E-state index in [9.17, 15) is 32.8 Å². The van der Waals surface area contributed by atoms with Crippen LogP contribution in [0, 0.1) is 17.8 Å². The number of alkyl carbamates (subject to hydrolysis) is 1. The highest BCUT2D eigenvalue weighted by Gasteiger charge is 2.62. The zero-order valence-corrected chi connectivity index (χ0v) is 33.1. The predicted octanol–water partition coefficient (Wildman–Crippen LogP) is 4.18. The van der Waals surface area contributed by atoms with Gasteiger partial charge in [0.05, 0.1) is 17.2 Å². The van der Waals surface area contributed by atoms with Crippen molar-refractivity contribution in [3.63, 3.8) is 0 Å². The van der Waals surface area contributed by atoms with E-state index >= 15 is 0 Å². The van der Waals surface area contributed by atoms with E-state index in [-0.39, 0.29) is 43.2 Å². The molecule has 2 bridgehead atoms. The van der Waals surface area contributed by atoms with Crippen LogP contribution < -0.4 is 24.8 Å². The van der Waals surface area contributed by atoms with Crippen LogP contribution in [-0.2, 0) is 35.6 Å². The number of amides is 4. The third-order valence-electron chi connectivity index (χ3n) is 13.4. The number of fused-ring (bicyclic) bond motifs is 5. The lowest BCUT2D eigenvalue weighted by atomic mass is 9.96. The normalized spacial score (nSPS) is 31.6. The molecule has 4 amide bonds. The van der Waals surface area contributed by atoms with E-state index in [2.05, 4.69) is 15.4 Å². The molecule has 1 aromatic carbocycles. The van der Waals surface area contributed by atoms with Crippen molar-refractivity contribution in [3.8, 4) is 5.75 Å². The minimum Gasteiger partial charge on any atom is -0.482 e. The molecule has 304 valence electrons. The van der Waals surface area contributed by atoms with Gasteiger partial charge in [0, 0.05) is 29.7 Å². The first kappa shape index (κ1) is 38.7. The minimum atomic E-state index is -3.86. The van der Waals surface area contributed by atoms with Crippen molar-refractivity contribution in [1.29, 1.82) is 0 Å². The molecule has 56 heavy (non-hydrogen) atoms. The van der Waals surface area contributed by atoms with Crippen molar-refractivity contribution in [1.82, 2.24) is 20.3 Å². The predicted molar refractivity (Wildman–Crippen MR) is 204 cm³/mol. The second-order valence-corrected chi connectivity index (χ2v) is 19.1. The second kappa shape index (κ2) is 15.7. The average Bonchev–Trinajstić information content (AvgIpc) is 3.96. The molecule has 7 atom stereocenters. The Balaban J connectivity index is 1.13. The fourth-order valence-corrected chi connectivity index (χ4v) is 11.3. The summed E-state index contributed by atoms with van der Waals surface area (Å²) < 4.78 is 41.8. The summed E-state index contributed by atoms with van der Waals surface area (Å²) in [5, 5.41) is 17.6. The van der Waals surface area contributed by atoms with Crippen LogP contribution >= 0.6 is 0 Å². The molecule has 6 aliphatic rings. The molecule has 8 rings (SSSR count). The van der Waals surface area contributed by atoms with Crippen LogP contribution in [0.5, 0.6) is 5.75 Å². The van der Waals surface area contributed by atoms with Gasteiger partial charge in [0.15, 0.2) is 5.75 Å². The van der Waals surface area contributed by atoms with Crippen LogP contribution in [0.25, 0.3) is 10.9 Å². The number of nitrogens with one attached hydrogen (secondary N) is 3. The maximum atomic E-state index is 14.9. The largest absolute Gasteiger partial charge is 0.482 e. The van der Waals surface area contributed by atoms with E-state index in [4.69, 9.17) is 9.47 Å². The molecule has 0 radical (unpaired) electrons. The number of nitrogens with zero attached hydrogens (tertiary/aromatic N) is 2. The van der Waals surface area contributed by atoms with Crippen molar-refractivity contribution in [2.24, 2.45) is 17.8 Å². The highest BCUT2D eigenvalue weighted by molar-refractivity contribution is 7.91. The molecular weight excluding hydrogens is 739 g/mol. The lowest BCUT2D eigenvalue weighted by Gasteiger charge is -2.32. The van der Waals surface area contributed by atoms with E-state index in [0.29, 0.717) is 42.6 Å². The first-order valence-electron chi connectivity index (χ1n) is 21.0. The summed E-state index contributed by atoms with van der Waals surface area (Å²) in [6.45, 7) is 1.91. The van der Waals surface area contributed by atoms with E-state index in [1.165, 1.54) is 9.63 Å².